The lowest BCUT2D eigenvalue weighted by molar-refractivity contribution is -0.142. The van der Waals surface area contributed by atoms with E-state index in [2.05, 4.69) is 4.74 Å². The van der Waals surface area contributed by atoms with Crippen LogP contribution in [0.5, 0.6) is 0 Å². The van der Waals surface area contributed by atoms with Crippen LogP contribution in [-0.4, -0.2) is 19.1 Å². The molecule has 0 heterocycles. The second-order valence-corrected chi connectivity index (χ2v) is 3.56. The van der Waals surface area contributed by atoms with Crippen LogP contribution in [0, 0.1) is 5.92 Å². The molecule has 1 aliphatic rings. The Morgan fingerprint density at radius 1 is 1.42 bits per heavy atom. The molecule has 0 atom stereocenters. The minimum Gasteiger partial charge on any atom is -0.469 e. The van der Waals surface area contributed by atoms with Crippen molar-refractivity contribution in [2.24, 2.45) is 11.7 Å². The first-order valence-corrected chi connectivity index (χ1v) is 4.54. The Morgan fingerprint density at radius 3 is 2.50 bits per heavy atom. The highest BCUT2D eigenvalue weighted by molar-refractivity contribution is 5.69. The van der Waals surface area contributed by atoms with Gasteiger partial charge in [0, 0.05) is 12.5 Å². The van der Waals surface area contributed by atoms with Crippen LogP contribution in [-0.2, 0) is 9.53 Å². The number of hydrogen-bond donors (Lipinski definition) is 1. The molecule has 0 amide bonds. The summed E-state index contributed by atoms with van der Waals surface area (Å²) >= 11 is 0. The van der Waals surface area contributed by atoms with Gasteiger partial charge in [-0.3, -0.25) is 4.79 Å². The zero-order valence-electron chi connectivity index (χ0n) is 7.58. The van der Waals surface area contributed by atoms with E-state index in [1.54, 1.807) is 0 Å². The van der Waals surface area contributed by atoms with E-state index in [0.717, 1.165) is 25.7 Å². The lowest BCUT2D eigenvalue weighted by Crippen LogP contribution is -2.27. The predicted molar refractivity (Wildman–Crippen MR) is 46.6 cm³/mol. The highest BCUT2D eigenvalue weighted by Crippen LogP contribution is 2.25. The topological polar surface area (TPSA) is 52.3 Å². The average Bonchev–Trinajstić information content (AvgIpc) is 2.09. The Morgan fingerprint density at radius 2 is 2.00 bits per heavy atom. The lowest BCUT2D eigenvalue weighted by atomic mass is 9.84. The summed E-state index contributed by atoms with van der Waals surface area (Å²) in [6.07, 6.45) is 4.85. The second kappa shape index (κ2) is 4.45. The Labute approximate surface area is 73.3 Å². The third kappa shape index (κ3) is 2.81. The summed E-state index contributed by atoms with van der Waals surface area (Å²) in [4.78, 5) is 10.9. The van der Waals surface area contributed by atoms with E-state index in [4.69, 9.17) is 5.73 Å². The summed E-state index contributed by atoms with van der Waals surface area (Å²) in [7, 11) is 1.44. The fraction of sp³-hybridized carbons (Fsp3) is 0.889. The number of esters is 1. The van der Waals surface area contributed by atoms with Gasteiger partial charge in [-0.25, -0.2) is 0 Å². The highest BCUT2D eigenvalue weighted by Gasteiger charge is 2.20. The number of methoxy groups -OCH3 is 1. The van der Waals surface area contributed by atoms with E-state index >= 15 is 0 Å². The molecule has 1 fully saturated rings. The van der Waals surface area contributed by atoms with E-state index in [1.807, 2.05) is 0 Å². The molecular weight excluding hydrogens is 154 g/mol. The maximum absolute atomic E-state index is 10.9. The van der Waals surface area contributed by atoms with E-state index in [-0.39, 0.29) is 5.97 Å². The van der Waals surface area contributed by atoms with Gasteiger partial charge in [0.15, 0.2) is 0 Å². The van der Waals surface area contributed by atoms with Gasteiger partial charge < -0.3 is 10.5 Å². The number of ether oxygens (including phenoxy) is 1. The van der Waals surface area contributed by atoms with Gasteiger partial charge >= 0.3 is 5.97 Å². The van der Waals surface area contributed by atoms with Crippen molar-refractivity contribution < 1.29 is 9.53 Å². The molecule has 0 aliphatic heterocycles. The van der Waals surface area contributed by atoms with Crippen LogP contribution in [0.15, 0.2) is 0 Å². The van der Waals surface area contributed by atoms with Gasteiger partial charge in [0.1, 0.15) is 0 Å². The second-order valence-electron chi connectivity index (χ2n) is 3.56. The standard InChI is InChI=1S/C9H17NO2/c1-12-9(11)6-7-2-4-8(10)5-3-7/h7-8H,2-6,10H2,1H3. The summed E-state index contributed by atoms with van der Waals surface area (Å²) in [6, 6.07) is 0.360. The Hall–Kier alpha value is -0.570. The van der Waals surface area contributed by atoms with Crippen LogP contribution < -0.4 is 5.73 Å². The molecule has 1 aliphatic carbocycles. The summed E-state index contributed by atoms with van der Waals surface area (Å²) in [5.41, 5.74) is 5.74. The zero-order chi connectivity index (χ0) is 8.97. The van der Waals surface area contributed by atoms with Gasteiger partial charge in [0.25, 0.3) is 0 Å². The van der Waals surface area contributed by atoms with Crippen molar-refractivity contribution in [3.63, 3.8) is 0 Å². The Balaban J connectivity index is 2.21. The number of rotatable bonds is 2. The third-order valence-corrected chi connectivity index (χ3v) is 2.57. The first kappa shape index (κ1) is 9.52. The zero-order valence-corrected chi connectivity index (χ0v) is 7.58. The van der Waals surface area contributed by atoms with Crippen molar-refractivity contribution in [3.8, 4) is 0 Å². The van der Waals surface area contributed by atoms with E-state index < -0.39 is 0 Å². The minimum absolute atomic E-state index is 0.0875. The van der Waals surface area contributed by atoms with Crippen LogP contribution in [0.1, 0.15) is 32.1 Å². The monoisotopic (exact) mass is 171 g/mol. The average molecular weight is 171 g/mol. The molecular formula is C9H17NO2. The molecule has 0 spiro atoms. The van der Waals surface area contributed by atoms with Gasteiger partial charge in [-0.05, 0) is 31.6 Å². The molecule has 1 rings (SSSR count). The normalized spacial score (nSPS) is 29.8. The Kier molecular flexibility index (Phi) is 3.53. The molecule has 2 N–H and O–H groups in total. The first-order chi connectivity index (χ1) is 5.72. The fourth-order valence-electron chi connectivity index (χ4n) is 1.71. The lowest BCUT2D eigenvalue weighted by Gasteiger charge is -2.24. The van der Waals surface area contributed by atoms with Gasteiger partial charge in [-0.1, -0.05) is 0 Å². The van der Waals surface area contributed by atoms with Crippen LogP contribution >= 0.6 is 0 Å². The molecule has 3 nitrogen and oxygen atoms in total. The highest BCUT2D eigenvalue weighted by atomic mass is 16.5. The van der Waals surface area contributed by atoms with E-state index in [0.29, 0.717) is 18.4 Å². The van der Waals surface area contributed by atoms with Gasteiger partial charge in [-0.15, -0.1) is 0 Å². The SMILES string of the molecule is COC(=O)CC1CCC(N)CC1. The number of hydrogen-bond acceptors (Lipinski definition) is 3. The minimum atomic E-state index is -0.0875. The molecule has 1 saturated carbocycles. The molecule has 0 bridgehead atoms. The first-order valence-electron chi connectivity index (χ1n) is 4.54. The summed E-state index contributed by atoms with van der Waals surface area (Å²) in [6.45, 7) is 0. The molecule has 0 aromatic rings. The maximum atomic E-state index is 10.9. The molecule has 0 radical (unpaired) electrons. The Bertz CT molecular complexity index is 151. The van der Waals surface area contributed by atoms with Crippen LogP contribution in [0.3, 0.4) is 0 Å². The van der Waals surface area contributed by atoms with Crippen molar-refractivity contribution in [2.75, 3.05) is 7.11 Å². The number of nitrogens with two attached hydrogens (primary N) is 1. The largest absolute Gasteiger partial charge is 0.469 e. The predicted octanol–water partition coefficient (Wildman–Crippen LogP) is 1.07. The third-order valence-electron chi connectivity index (χ3n) is 2.57. The molecule has 0 saturated heterocycles. The van der Waals surface area contributed by atoms with E-state index in [1.165, 1.54) is 7.11 Å². The molecule has 3 heteroatoms. The van der Waals surface area contributed by atoms with Crippen molar-refractivity contribution in [1.82, 2.24) is 0 Å². The molecule has 12 heavy (non-hydrogen) atoms. The summed E-state index contributed by atoms with van der Waals surface area (Å²) in [5.74, 6) is 0.424. The van der Waals surface area contributed by atoms with Crippen LogP contribution in [0.25, 0.3) is 0 Å². The molecule has 70 valence electrons. The smallest absolute Gasteiger partial charge is 0.305 e. The molecule has 0 unspecified atom stereocenters. The number of carbonyl (C=O) groups excluding carboxylic acids is 1. The van der Waals surface area contributed by atoms with Gasteiger partial charge in [0.2, 0.25) is 0 Å². The van der Waals surface area contributed by atoms with Crippen molar-refractivity contribution >= 4 is 5.97 Å². The van der Waals surface area contributed by atoms with E-state index in [9.17, 15) is 4.79 Å². The van der Waals surface area contributed by atoms with Gasteiger partial charge in [0.05, 0.1) is 7.11 Å². The van der Waals surface area contributed by atoms with Crippen molar-refractivity contribution in [1.29, 1.82) is 0 Å². The van der Waals surface area contributed by atoms with Crippen LogP contribution in [0.4, 0.5) is 0 Å². The summed E-state index contributed by atoms with van der Waals surface area (Å²) in [5, 5.41) is 0. The van der Waals surface area contributed by atoms with Crippen LogP contribution in [0.2, 0.25) is 0 Å². The fourth-order valence-corrected chi connectivity index (χ4v) is 1.71. The molecule has 0 aromatic carbocycles. The van der Waals surface area contributed by atoms with Gasteiger partial charge in [-0.2, -0.15) is 0 Å². The quantitative estimate of drug-likeness (QED) is 0.632. The van der Waals surface area contributed by atoms with Crippen molar-refractivity contribution in [3.05, 3.63) is 0 Å². The maximum Gasteiger partial charge on any atom is 0.305 e. The summed E-state index contributed by atoms with van der Waals surface area (Å²) < 4.78 is 4.61. The van der Waals surface area contributed by atoms with Crippen molar-refractivity contribution in [2.45, 2.75) is 38.1 Å². The number of carbonyl (C=O) groups is 1. The molecule has 0 aromatic heterocycles.